The van der Waals surface area contributed by atoms with Crippen LogP contribution in [0.15, 0.2) is 24.3 Å². The number of pyridine rings is 1. The summed E-state index contributed by atoms with van der Waals surface area (Å²) in [4.78, 5) is 7.39. The molecule has 122 valence electrons. The number of nitrogens with zero attached hydrogens (tertiary/aromatic N) is 2. The monoisotopic (exact) mass is 311 g/mol. The largest absolute Gasteiger partial charge is 0.383 e. The first kappa shape index (κ1) is 14.9. The second-order valence-electron chi connectivity index (χ2n) is 6.52. The Balaban J connectivity index is 1.57. The predicted octanol–water partition coefficient (Wildman–Crippen LogP) is 2.86. The summed E-state index contributed by atoms with van der Waals surface area (Å²) in [6.07, 6.45) is 4.84. The molecule has 1 aliphatic carbocycles. The van der Waals surface area contributed by atoms with Crippen LogP contribution in [-0.4, -0.2) is 49.3 Å². The van der Waals surface area contributed by atoms with Crippen LogP contribution < -0.4 is 5.32 Å². The van der Waals surface area contributed by atoms with Gasteiger partial charge in [-0.25, -0.2) is 0 Å². The molecule has 2 aromatic rings. The van der Waals surface area contributed by atoms with Crippen molar-refractivity contribution in [2.75, 3.05) is 44.7 Å². The van der Waals surface area contributed by atoms with Crippen LogP contribution in [0.25, 0.3) is 10.9 Å². The summed E-state index contributed by atoms with van der Waals surface area (Å²) in [5.74, 6) is 0. The first-order valence-corrected chi connectivity index (χ1v) is 8.86. The van der Waals surface area contributed by atoms with Crippen LogP contribution in [0.5, 0.6) is 0 Å². The molecule has 1 saturated heterocycles. The van der Waals surface area contributed by atoms with Crippen molar-refractivity contribution in [1.82, 2.24) is 9.88 Å². The molecule has 0 radical (unpaired) electrons. The summed E-state index contributed by atoms with van der Waals surface area (Å²) in [6.45, 7) is 5.91. The first-order chi connectivity index (χ1) is 11.4. The van der Waals surface area contributed by atoms with Gasteiger partial charge in [-0.15, -0.1) is 0 Å². The lowest BCUT2D eigenvalue weighted by Crippen LogP contribution is -2.39. The Morgan fingerprint density at radius 2 is 1.91 bits per heavy atom. The van der Waals surface area contributed by atoms with Gasteiger partial charge in [0.25, 0.3) is 0 Å². The van der Waals surface area contributed by atoms with E-state index in [1.807, 2.05) is 0 Å². The van der Waals surface area contributed by atoms with Gasteiger partial charge in [0.15, 0.2) is 0 Å². The number of aryl methyl sites for hydroxylation is 1. The predicted molar refractivity (Wildman–Crippen MR) is 94.1 cm³/mol. The van der Waals surface area contributed by atoms with Crippen LogP contribution in [0, 0.1) is 0 Å². The second-order valence-corrected chi connectivity index (χ2v) is 6.52. The quantitative estimate of drug-likeness (QED) is 0.942. The zero-order chi connectivity index (χ0) is 15.5. The molecule has 0 bridgehead atoms. The molecule has 2 heterocycles. The highest BCUT2D eigenvalue weighted by molar-refractivity contribution is 5.93. The maximum atomic E-state index is 5.43. The minimum atomic E-state index is 0.869. The molecule has 1 N–H and O–H groups in total. The fraction of sp³-hybridized carbons (Fsp3) is 0.526. The van der Waals surface area contributed by atoms with Gasteiger partial charge in [-0.1, -0.05) is 18.2 Å². The van der Waals surface area contributed by atoms with Gasteiger partial charge < -0.3 is 10.1 Å². The van der Waals surface area contributed by atoms with Crippen LogP contribution in [0.3, 0.4) is 0 Å². The first-order valence-electron chi connectivity index (χ1n) is 8.86. The van der Waals surface area contributed by atoms with Crippen molar-refractivity contribution in [2.45, 2.75) is 25.7 Å². The SMILES string of the molecule is c1ccc2c(NCCN3CCOCC3)c3c(nc2c1)CCCC3. The average Bonchev–Trinajstić information content (AvgIpc) is 2.62. The highest BCUT2D eigenvalue weighted by Crippen LogP contribution is 2.33. The van der Waals surface area contributed by atoms with Gasteiger partial charge in [-0.05, 0) is 37.3 Å². The van der Waals surface area contributed by atoms with Gasteiger partial charge in [-0.3, -0.25) is 9.88 Å². The van der Waals surface area contributed by atoms with Crippen molar-refractivity contribution in [3.8, 4) is 0 Å². The Labute approximate surface area is 137 Å². The Hall–Kier alpha value is -1.65. The second kappa shape index (κ2) is 6.85. The molecule has 1 aliphatic heterocycles. The summed E-state index contributed by atoms with van der Waals surface area (Å²) in [7, 11) is 0. The summed E-state index contributed by atoms with van der Waals surface area (Å²) >= 11 is 0. The van der Waals surface area contributed by atoms with E-state index in [0.717, 1.165) is 57.8 Å². The molecule has 4 heteroatoms. The van der Waals surface area contributed by atoms with Gasteiger partial charge in [0.2, 0.25) is 0 Å². The van der Waals surface area contributed by atoms with Gasteiger partial charge in [0.05, 0.1) is 18.7 Å². The van der Waals surface area contributed by atoms with Crippen molar-refractivity contribution in [2.24, 2.45) is 0 Å². The zero-order valence-corrected chi connectivity index (χ0v) is 13.7. The van der Waals surface area contributed by atoms with Crippen molar-refractivity contribution < 1.29 is 4.74 Å². The average molecular weight is 311 g/mol. The van der Waals surface area contributed by atoms with E-state index >= 15 is 0 Å². The lowest BCUT2D eigenvalue weighted by Gasteiger charge is -2.27. The van der Waals surface area contributed by atoms with E-state index in [9.17, 15) is 0 Å². The Morgan fingerprint density at radius 1 is 1.09 bits per heavy atom. The molecule has 1 fully saturated rings. The molecule has 0 spiro atoms. The van der Waals surface area contributed by atoms with E-state index in [1.165, 1.54) is 35.2 Å². The number of morpholine rings is 1. The molecule has 0 amide bonds. The smallest absolute Gasteiger partial charge is 0.0726 e. The number of hydrogen-bond acceptors (Lipinski definition) is 4. The highest BCUT2D eigenvalue weighted by Gasteiger charge is 2.18. The zero-order valence-electron chi connectivity index (χ0n) is 13.7. The normalized spacial score (nSPS) is 18.8. The number of nitrogens with one attached hydrogen (secondary N) is 1. The maximum absolute atomic E-state index is 5.43. The van der Waals surface area contributed by atoms with Crippen molar-refractivity contribution in [3.63, 3.8) is 0 Å². The van der Waals surface area contributed by atoms with Gasteiger partial charge in [0, 0.05) is 42.9 Å². The van der Waals surface area contributed by atoms with E-state index in [2.05, 4.69) is 34.5 Å². The molecule has 23 heavy (non-hydrogen) atoms. The molecule has 2 aliphatic rings. The van der Waals surface area contributed by atoms with E-state index in [1.54, 1.807) is 0 Å². The molecule has 4 rings (SSSR count). The van der Waals surface area contributed by atoms with Crippen LogP contribution in [0.4, 0.5) is 5.69 Å². The van der Waals surface area contributed by atoms with Crippen molar-refractivity contribution >= 4 is 16.6 Å². The van der Waals surface area contributed by atoms with E-state index < -0.39 is 0 Å². The molecule has 0 unspecified atom stereocenters. The van der Waals surface area contributed by atoms with E-state index in [0.29, 0.717) is 0 Å². The highest BCUT2D eigenvalue weighted by atomic mass is 16.5. The summed E-state index contributed by atoms with van der Waals surface area (Å²) in [5, 5.41) is 5.01. The fourth-order valence-corrected chi connectivity index (χ4v) is 3.74. The minimum absolute atomic E-state index is 0.869. The number of hydrogen-bond donors (Lipinski definition) is 1. The Kier molecular flexibility index (Phi) is 4.44. The molecule has 4 nitrogen and oxygen atoms in total. The van der Waals surface area contributed by atoms with Crippen LogP contribution in [0.2, 0.25) is 0 Å². The van der Waals surface area contributed by atoms with Crippen molar-refractivity contribution in [3.05, 3.63) is 35.5 Å². The number of aromatic nitrogens is 1. The third-order valence-electron chi connectivity index (χ3n) is 5.00. The number of para-hydroxylation sites is 1. The topological polar surface area (TPSA) is 37.4 Å². The Morgan fingerprint density at radius 3 is 2.83 bits per heavy atom. The fourth-order valence-electron chi connectivity index (χ4n) is 3.74. The van der Waals surface area contributed by atoms with Crippen LogP contribution in [0.1, 0.15) is 24.1 Å². The van der Waals surface area contributed by atoms with Gasteiger partial charge in [0.1, 0.15) is 0 Å². The maximum Gasteiger partial charge on any atom is 0.0726 e. The third kappa shape index (κ3) is 3.19. The lowest BCUT2D eigenvalue weighted by molar-refractivity contribution is 0.0398. The molecule has 1 aromatic heterocycles. The van der Waals surface area contributed by atoms with Crippen LogP contribution >= 0.6 is 0 Å². The van der Waals surface area contributed by atoms with E-state index in [-0.39, 0.29) is 0 Å². The number of rotatable bonds is 4. The minimum Gasteiger partial charge on any atom is -0.383 e. The number of anilines is 1. The number of ether oxygens (including phenoxy) is 1. The van der Waals surface area contributed by atoms with E-state index in [4.69, 9.17) is 9.72 Å². The third-order valence-corrected chi connectivity index (χ3v) is 5.00. The van der Waals surface area contributed by atoms with Crippen molar-refractivity contribution in [1.29, 1.82) is 0 Å². The number of benzene rings is 1. The summed E-state index contributed by atoms with van der Waals surface area (Å²) in [5.41, 5.74) is 5.22. The summed E-state index contributed by atoms with van der Waals surface area (Å²) < 4.78 is 5.43. The van der Waals surface area contributed by atoms with Gasteiger partial charge in [-0.2, -0.15) is 0 Å². The van der Waals surface area contributed by atoms with Crippen LogP contribution in [-0.2, 0) is 17.6 Å². The molecular weight excluding hydrogens is 286 g/mol. The molecule has 0 atom stereocenters. The lowest BCUT2D eigenvalue weighted by atomic mass is 9.92. The molecular formula is C19H25N3O. The number of fused-ring (bicyclic) bond motifs is 2. The standard InChI is InChI=1S/C19H25N3O/c1-3-7-17-15(5-1)19(16-6-2-4-8-18(16)21-17)20-9-10-22-11-13-23-14-12-22/h1,3,5,7H,2,4,6,8-14H2,(H,20,21). The summed E-state index contributed by atoms with van der Waals surface area (Å²) in [6, 6.07) is 8.54. The molecule has 0 saturated carbocycles. The van der Waals surface area contributed by atoms with Gasteiger partial charge >= 0.3 is 0 Å². The Bertz CT molecular complexity index is 680. The molecule has 1 aromatic carbocycles.